The topological polar surface area (TPSA) is 74.6 Å². The van der Waals surface area contributed by atoms with E-state index in [9.17, 15) is 13.8 Å². The molecule has 0 spiro atoms. The first-order valence-corrected chi connectivity index (χ1v) is 10.1. The van der Waals surface area contributed by atoms with Crippen LogP contribution in [-0.2, 0) is 20.3 Å². The summed E-state index contributed by atoms with van der Waals surface area (Å²) < 4.78 is 24.2. The third kappa shape index (κ3) is 4.73. The van der Waals surface area contributed by atoms with Gasteiger partial charge in [0.05, 0.1) is 33.9 Å². The van der Waals surface area contributed by atoms with Crippen LogP contribution in [0.25, 0.3) is 0 Å². The molecule has 27 heavy (non-hydrogen) atoms. The van der Waals surface area contributed by atoms with E-state index >= 15 is 0 Å². The molecule has 0 unspecified atom stereocenters. The number of rotatable bonds is 8. The van der Waals surface area contributed by atoms with Crippen LogP contribution in [0.1, 0.15) is 45.1 Å². The van der Waals surface area contributed by atoms with Crippen molar-refractivity contribution in [2.75, 3.05) is 26.6 Å². The minimum atomic E-state index is -1.32. The average Bonchev–Trinajstić information content (AvgIpc) is 2.94. The van der Waals surface area contributed by atoms with E-state index in [4.69, 9.17) is 9.47 Å². The number of ether oxygens (including phenoxy) is 2. The maximum atomic E-state index is 12.6. The van der Waals surface area contributed by atoms with Crippen LogP contribution in [0.2, 0.25) is 0 Å². The molecule has 1 aromatic heterocycles. The first kappa shape index (κ1) is 21.1. The van der Waals surface area contributed by atoms with Crippen molar-refractivity contribution in [3.63, 3.8) is 0 Å². The Morgan fingerprint density at radius 1 is 1.19 bits per heavy atom. The fraction of sp³-hybridized carbons (Fsp3) is 0.400. The van der Waals surface area contributed by atoms with E-state index in [0.29, 0.717) is 17.1 Å². The summed E-state index contributed by atoms with van der Waals surface area (Å²) in [5.74, 6) is -0.932. The largest absolute Gasteiger partial charge is 0.454 e. The second-order valence-electron chi connectivity index (χ2n) is 6.41. The Morgan fingerprint density at radius 2 is 1.85 bits per heavy atom. The van der Waals surface area contributed by atoms with Crippen molar-refractivity contribution < 1.29 is 23.3 Å². The van der Waals surface area contributed by atoms with Crippen molar-refractivity contribution in [2.24, 2.45) is 0 Å². The Bertz CT molecular complexity index is 871. The zero-order valence-electron chi connectivity index (χ0n) is 16.3. The fourth-order valence-corrected chi connectivity index (χ4v) is 3.96. The van der Waals surface area contributed by atoms with Gasteiger partial charge in [-0.15, -0.1) is 0 Å². The lowest BCUT2D eigenvalue weighted by molar-refractivity contribution is 0.0471. The number of hydrogen-bond donors (Lipinski definition) is 0. The van der Waals surface area contributed by atoms with Crippen molar-refractivity contribution in [3.05, 3.63) is 52.8 Å². The van der Waals surface area contributed by atoms with Crippen molar-refractivity contribution in [2.45, 2.75) is 31.7 Å². The number of benzene rings is 1. The van der Waals surface area contributed by atoms with E-state index < -0.39 is 16.8 Å². The number of esters is 1. The van der Waals surface area contributed by atoms with Gasteiger partial charge in [-0.2, -0.15) is 0 Å². The summed E-state index contributed by atoms with van der Waals surface area (Å²) in [6.07, 6.45) is 1.49. The van der Waals surface area contributed by atoms with Gasteiger partial charge in [0.25, 0.3) is 0 Å². The van der Waals surface area contributed by atoms with Gasteiger partial charge in [0.1, 0.15) is 0 Å². The quantitative estimate of drug-likeness (QED) is 0.511. The summed E-state index contributed by atoms with van der Waals surface area (Å²) in [6.45, 7) is 5.97. The molecule has 0 aliphatic heterocycles. The normalized spacial score (nSPS) is 13.2. The summed E-state index contributed by atoms with van der Waals surface area (Å²) in [6, 6.07) is 8.41. The predicted octanol–water partition coefficient (Wildman–Crippen LogP) is 3.09. The number of aromatic nitrogens is 1. The molecule has 0 amide bonds. The Morgan fingerprint density at radius 3 is 2.48 bits per heavy atom. The van der Waals surface area contributed by atoms with Crippen LogP contribution in [0.15, 0.2) is 35.2 Å². The monoisotopic (exact) mass is 391 g/mol. The van der Waals surface area contributed by atoms with E-state index in [1.165, 1.54) is 6.26 Å². The molecule has 0 N–H and O–H groups in total. The van der Waals surface area contributed by atoms with Gasteiger partial charge in [0.2, 0.25) is 5.78 Å². The zero-order valence-corrected chi connectivity index (χ0v) is 17.1. The molecule has 146 valence electrons. The van der Waals surface area contributed by atoms with Crippen LogP contribution < -0.4 is 0 Å². The second kappa shape index (κ2) is 9.10. The first-order chi connectivity index (χ1) is 12.8. The number of hydrogen-bond acceptors (Lipinski definition) is 5. The Kier molecular flexibility index (Phi) is 7.10. The summed E-state index contributed by atoms with van der Waals surface area (Å²) in [5, 5.41) is 0. The van der Waals surface area contributed by atoms with Gasteiger partial charge in [0.15, 0.2) is 6.61 Å². The van der Waals surface area contributed by atoms with Crippen LogP contribution in [0.4, 0.5) is 0 Å². The maximum absolute atomic E-state index is 12.6. The van der Waals surface area contributed by atoms with E-state index in [0.717, 1.165) is 11.4 Å². The summed E-state index contributed by atoms with van der Waals surface area (Å²) in [7, 11) is 0.313. The first-order valence-electron chi connectivity index (χ1n) is 8.58. The highest BCUT2D eigenvalue weighted by molar-refractivity contribution is 7.84. The van der Waals surface area contributed by atoms with Crippen molar-refractivity contribution in [3.8, 4) is 0 Å². The zero-order chi connectivity index (χ0) is 20.1. The van der Waals surface area contributed by atoms with Gasteiger partial charge in [0, 0.05) is 30.3 Å². The molecule has 0 radical (unpaired) electrons. The predicted molar refractivity (Wildman–Crippen MR) is 104 cm³/mol. The standard InChI is InChI=1S/C20H25NO5S/c1-13-10-17(15(3)21(13)14(2)11-25-4)18(22)12-26-20(23)16-8-6-7-9-19(16)27(5)24/h6-10,14H,11-12H2,1-5H3/t14-,27+/m0/s1. The number of Topliss-reactive ketones (excluding diaryl/α,β-unsaturated/α-hetero) is 1. The highest BCUT2D eigenvalue weighted by Crippen LogP contribution is 2.21. The molecular formula is C20H25NO5S. The van der Waals surface area contributed by atoms with Crippen LogP contribution in [-0.4, -0.2) is 47.1 Å². The van der Waals surface area contributed by atoms with Crippen LogP contribution in [0.3, 0.4) is 0 Å². The molecule has 7 heteroatoms. The number of aryl methyl sites for hydroxylation is 1. The van der Waals surface area contributed by atoms with Crippen LogP contribution in [0.5, 0.6) is 0 Å². The number of methoxy groups -OCH3 is 1. The number of nitrogens with zero attached hydrogens (tertiary/aromatic N) is 1. The average molecular weight is 391 g/mol. The molecule has 2 rings (SSSR count). The molecule has 0 saturated heterocycles. The van der Waals surface area contributed by atoms with Gasteiger partial charge in [-0.05, 0) is 39.0 Å². The van der Waals surface area contributed by atoms with Crippen molar-refractivity contribution in [1.29, 1.82) is 0 Å². The third-order valence-corrected chi connectivity index (χ3v) is 5.36. The molecule has 2 aromatic rings. The van der Waals surface area contributed by atoms with Gasteiger partial charge < -0.3 is 14.0 Å². The van der Waals surface area contributed by atoms with Gasteiger partial charge >= 0.3 is 5.97 Å². The van der Waals surface area contributed by atoms with E-state index in [1.807, 2.05) is 25.3 Å². The molecule has 0 saturated carbocycles. The lowest BCUT2D eigenvalue weighted by Crippen LogP contribution is -2.17. The molecule has 1 aromatic carbocycles. The van der Waals surface area contributed by atoms with Crippen LogP contribution in [0, 0.1) is 13.8 Å². The van der Waals surface area contributed by atoms with Crippen molar-refractivity contribution >= 4 is 22.6 Å². The summed E-state index contributed by atoms with van der Waals surface area (Å²) >= 11 is 0. The Labute approximate surface area is 161 Å². The van der Waals surface area contributed by atoms with Gasteiger partial charge in [-0.25, -0.2) is 4.79 Å². The van der Waals surface area contributed by atoms with Gasteiger partial charge in [-0.3, -0.25) is 9.00 Å². The third-order valence-electron chi connectivity index (χ3n) is 4.38. The van der Waals surface area contributed by atoms with E-state index in [-0.39, 0.29) is 24.0 Å². The Balaban J connectivity index is 2.14. The molecule has 0 bridgehead atoms. The molecular weight excluding hydrogens is 366 g/mol. The maximum Gasteiger partial charge on any atom is 0.339 e. The molecule has 1 heterocycles. The SMILES string of the molecule is COC[C@H](C)n1c(C)cc(C(=O)COC(=O)c2ccccc2[S@@](C)=O)c1C. The molecule has 0 aliphatic carbocycles. The lowest BCUT2D eigenvalue weighted by Gasteiger charge is -2.17. The van der Waals surface area contributed by atoms with Gasteiger partial charge in [-0.1, -0.05) is 12.1 Å². The molecule has 6 nitrogen and oxygen atoms in total. The lowest BCUT2D eigenvalue weighted by atomic mass is 10.1. The molecule has 0 fully saturated rings. The van der Waals surface area contributed by atoms with E-state index in [2.05, 4.69) is 0 Å². The highest BCUT2D eigenvalue weighted by atomic mass is 32.2. The number of carbonyl (C=O) groups is 2. The summed E-state index contributed by atoms with van der Waals surface area (Å²) in [5.41, 5.74) is 2.49. The van der Waals surface area contributed by atoms with Crippen molar-refractivity contribution in [1.82, 2.24) is 4.57 Å². The minimum Gasteiger partial charge on any atom is -0.454 e. The number of carbonyl (C=O) groups excluding carboxylic acids is 2. The van der Waals surface area contributed by atoms with Crippen LogP contribution >= 0.6 is 0 Å². The minimum absolute atomic E-state index is 0.0884. The summed E-state index contributed by atoms with van der Waals surface area (Å²) in [4.78, 5) is 25.3. The van der Waals surface area contributed by atoms with E-state index in [1.54, 1.807) is 37.4 Å². The number of ketones is 1. The molecule has 2 atom stereocenters. The fourth-order valence-electron chi connectivity index (χ4n) is 3.23. The highest BCUT2D eigenvalue weighted by Gasteiger charge is 2.21. The Hall–Kier alpha value is -2.25. The second-order valence-corrected chi connectivity index (χ2v) is 7.76. The molecule has 0 aliphatic rings. The smallest absolute Gasteiger partial charge is 0.339 e.